The van der Waals surface area contributed by atoms with Gasteiger partial charge in [0, 0.05) is 0 Å². The third kappa shape index (κ3) is 2.98. The number of allylic oxidation sites excluding steroid dienone is 1. The Kier molecular flexibility index (Phi) is 4.79. The third-order valence-corrected chi connectivity index (χ3v) is 3.42. The maximum absolute atomic E-state index is 2.31. The highest BCUT2D eigenvalue weighted by atomic mass is 14.1. The molecular weight excluding hydrogens is 192 g/mol. The Bertz CT molecular complexity index is 384. The van der Waals surface area contributed by atoms with Gasteiger partial charge in [0.05, 0.1) is 0 Å². The highest BCUT2D eigenvalue weighted by Crippen LogP contribution is 2.22. The summed E-state index contributed by atoms with van der Waals surface area (Å²) >= 11 is 0. The van der Waals surface area contributed by atoms with Crippen LogP contribution in [0.25, 0.3) is 6.08 Å². The van der Waals surface area contributed by atoms with E-state index in [1.807, 2.05) is 0 Å². The highest BCUT2D eigenvalue weighted by Gasteiger charge is 2.04. The Hall–Kier alpha value is -1.04. The maximum atomic E-state index is 2.31. The lowest BCUT2D eigenvalue weighted by atomic mass is 9.94. The molecule has 16 heavy (non-hydrogen) atoms. The van der Waals surface area contributed by atoms with E-state index in [4.69, 9.17) is 0 Å². The van der Waals surface area contributed by atoms with E-state index in [9.17, 15) is 0 Å². The Morgan fingerprint density at radius 1 is 1.00 bits per heavy atom. The molecule has 0 nitrogen and oxygen atoms in total. The van der Waals surface area contributed by atoms with E-state index >= 15 is 0 Å². The fourth-order valence-corrected chi connectivity index (χ4v) is 2.08. The van der Waals surface area contributed by atoms with Gasteiger partial charge in [0.25, 0.3) is 0 Å². The second-order valence-corrected chi connectivity index (χ2v) is 4.72. The molecule has 1 aromatic rings. The summed E-state index contributed by atoms with van der Waals surface area (Å²) in [7, 11) is 0. The summed E-state index contributed by atoms with van der Waals surface area (Å²) in [4.78, 5) is 0. The molecule has 0 N–H and O–H groups in total. The number of rotatable bonds is 4. The van der Waals surface area contributed by atoms with E-state index in [0.717, 1.165) is 0 Å². The molecule has 0 radical (unpaired) electrons. The van der Waals surface area contributed by atoms with Gasteiger partial charge in [-0.3, -0.25) is 0 Å². The van der Waals surface area contributed by atoms with E-state index < -0.39 is 0 Å². The van der Waals surface area contributed by atoms with Crippen molar-refractivity contribution >= 4 is 6.08 Å². The van der Waals surface area contributed by atoms with Crippen LogP contribution in [0, 0.1) is 27.7 Å². The zero-order valence-corrected chi connectivity index (χ0v) is 11.4. The second-order valence-electron chi connectivity index (χ2n) is 4.72. The lowest BCUT2D eigenvalue weighted by Crippen LogP contribution is -1.94. The molecule has 0 saturated heterocycles. The predicted octanol–water partition coefficient (Wildman–Crippen LogP) is 5.12. The van der Waals surface area contributed by atoms with E-state index in [2.05, 4.69) is 52.8 Å². The fraction of sp³-hybridized carbons (Fsp3) is 0.500. The second kappa shape index (κ2) is 5.89. The van der Waals surface area contributed by atoms with Crippen molar-refractivity contribution in [1.82, 2.24) is 0 Å². The molecule has 0 spiro atoms. The molecule has 0 unspecified atom stereocenters. The molecule has 0 aliphatic heterocycles. The van der Waals surface area contributed by atoms with Gasteiger partial charge in [-0.15, -0.1) is 0 Å². The number of aryl methyl sites for hydroxylation is 2. The highest BCUT2D eigenvalue weighted by molar-refractivity contribution is 5.60. The van der Waals surface area contributed by atoms with Gasteiger partial charge in [-0.2, -0.15) is 0 Å². The molecule has 1 aromatic carbocycles. The molecule has 0 atom stereocenters. The molecule has 0 bridgehead atoms. The van der Waals surface area contributed by atoms with Crippen molar-refractivity contribution in [2.45, 2.75) is 53.9 Å². The first-order valence-corrected chi connectivity index (χ1v) is 6.31. The summed E-state index contributed by atoms with van der Waals surface area (Å²) in [5, 5.41) is 0. The van der Waals surface area contributed by atoms with Crippen molar-refractivity contribution in [3.63, 3.8) is 0 Å². The van der Waals surface area contributed by atoms with Crippen LogP contribution in [0.1, 0.15) is 54.0 Å². The molecule has 0 aliphatic rings. The Morgan fingerprint density at radius 3 is 2.31 bits per heavy atom. The molecule has 0 aliphatic carbocycles. The van der Waals surface area contributed by atoms with Crippen LogP contribution < -0.4 is 0 Å². The van der Waals surface area contributed by atoms with E-state index in [1.54, 1.807) is 0 Å². The van der Waals surface area contributed by atoms with Crippen LogP contribution in [-0.2, 0) is 0 Å². The van der Waals surface area contributed by atoms with Crippen LogP contribution in [0.5, 0.6) is 0 Å². The lowest BCUT2D eigenvalue weighted by Gasteiger charge is -2.12. The van der Waals surface area contributed by atoms with E-state index in [1.165, 1.54) is 47.1 Å². The van der Waals surface area contributed by atoms with Crippen LogP contribution in [0.3, 0.4) is 0 Å². The molecule has 88 valence electrons. The summed E-state index contributed by atoms with van der Waals surface area (Å²) in [5.41, 5.74) is 7.08. The van der Waals surface area contributed by atoms with Crippen LogP contribution in [0.2, 0.25) is 0 Å². The summed E-state index contributed by atoms with van der Waals surface area (Å²) in [5.74, 6) is 0. The average molecular weight is 216 g/mol. The van der Waals surface area contributed by atoms with Crippen molar-refractivity contribution in [1.29, 1.82) is 0 Å². The number of hydrogen-bond donors (Lipinski definition) is 0. The van der Waals surface area contributed by atoms with Gasteiger partial charge >= 0.3 is 0 Å². The first kappa shape index (κ1) is 13.0. The summed E-state index contributed by atoms with van der Waals surface area (Å²) in [6.45, 7) is 11.1. The predicted molar refractivity (Wildman–Crippen MR) is 73.9 cm³/mol. The van der Waals surface area contributed by atoms with Crippen molar-refractivity contribution in [3.8, 4) is 0 Å². The van der Waals surface area contributed by atoms with Gasteiger partial charge in [-0.05, 0) is 61.9 Å². The third-order valence-electron chi connectivity index (χ3n) is 3.42. The summed E-state index contributed by atoms with van der Waals surface area (Å²) in [6.07, 6.45) is 8.37. The van der Waals surface area contributed by atoms with Crippen molar-refractivity contribution in [2.24, 2.45) is 0 Å². The van der Waals surface area contributed by atoms with E-state index in [0.29, 0.717) is 0 Å². The molecular formula is C16H24. The molecule has 0 heterocycles. The minimum Gasteiger partial charge on any atom is -0.0839 e. The maximum Gasteiger partial charge on any atom is -0.0198 e. The van der Waals surface area contributed by atoms with Crippen molar-refractivity contribution in [3.05, 3.63) is 40.0 Å². The lowest BCUT2D eigenvalue weighted by molar-refractivity contribution is 0.816. The van der Waals surface area contributed by atoms with Crippen LogP contribution in [-0.4, -0.2) is 0 Å². The van der Waals surface area contributed by atoms with Crippen molar-refractivity contribution in [2.75, 3.05) is 0 Å². The van der Waals surface area contributed by atoms with Gasteiger partial charge in [0.1, 0.15) is 0 Å². The molecule has 1 rings (SSSR count). The fourth-order valence-electron chi connectivity index (χ4n) is 2.08. The van der Waals surface area contributed by atoms with Gasteiger partial charge in [-0.1, -0.05) is 38.0 Å². The normalized spacial score (nSPS) is 11.3. The minimum absolute atomic E-state index is 1.20. The number of unbranched alkanes of at least 4 members (excludes halogenated alkanes) is 2. The minimum atomic E-state index is 1.20. The average Bonchev–Trinajstić information content (AvgIpc) is 2.25. The van der Waals surface area contributed by atoms with Gasteiger partial charge < -0.3 is 0 Å². The molecule has 0 saturated carbocycles. The Balaban J connectivity index is 2.96. The van der Waals surface area contributed by atoms with Crippen LogP contribution >= 0.6 is 0 Å². The quantitative estimate of drug-likeness (QED) is 0.612. The monoisotopic (exact) mass is 216 g/mol. The zero-order chi connectivity index (χ0) is 12.1. The largest absolute Gasteiger partial charge is 0.0839 e. The first-order chi connectivity index (χ1) is 7.57. The Labute approximate surface area is 100 Å². The van der Waals surface area contributed by atoms with Crippen molar-refractivity contribution < 1.29 is 0 Å². The van der Waals surface area contributed by atoms with Crippen LogP contribution in [0.4, 0.5) is 0 Å². The summed E-state index contributed by atoms with van der Waals surface area (Å²) < 4.78 is 0. The summed E-state index contributed by atoms with van der Waals surface area (Å²) in [6, 6.07) is 2.29. The molecule has 0 fully saturated rings. The molecule has 0 amide bonds. The first-order valence-electron chi connectivity index (χ1n) is 6.31. The van der Waals surface area contributed by atoms with Gasteiger partial charge in [0.15, 0.2) is 0 Å². The van der Waals surface area contributed by atoms with E-state index in [-0.39, 0.29) is 0 Å². The smallest absolute Gasteiger partial charge is 0.0198 e. The topological polar surface area (TPSA) is 0 Å². The van der Waals surface area contributed by atoms with Crippen LogP contribution in [0.15, 0.2) is 12.1 Å². The molecule has 0 heteroatoms. The Morgan fingerprint density at radius 2 is 1.69 bits per heavy atom. The van der Waals surface area contributed by atoms with Gasteiger partial charge in [0.2, 0.25) is 0 Å². The number of hydrogen-bond acceptors (Lipinski definition) is 0. The SMILES string of the molecule is CCCCC=Cc1c(C)cc(C)c(C)c1C. The van der Waals surface area contributed by atoms with Gasteiger partial charge in [-0.25, -0.2) is 0 Å². The molecule has 0 aromatic heterocycles. The number of benzene rings is 1. The zero-order valence-electron chi connectivity index (χ0n) is 11.4. The standard InChI is InChI=1S/C16H24/c1-6-7-8-9-10-16-13(3)11-12(2)14(4)15(16)5/h9-11H,6-8H2,1-5H3.